The molecule has 8 nitrogen and oxygen atoms in total. The summed E-state index contributed by atoms with van der Waals surface area (Å²) in [6.07, 6.45) is 2.38. The van der Waals surface area contributed by atoms with Crippen molar-refractivity contribution in [1.82, 2.24) is 10.9 Å². The first-order chi connectivity index (χ1) is 13.3. The van der Waals surface area contributed by atoms with Crippen LogP contribution >= 0.6 is 0 Å². The average Bonchev–Trinajstić information content (AvgIpc) is 2.67. The van der Waals surface area contributed by atoms with Crippen LogP contribution in [0, 0.1) is 25.7 Å². The van der Waals surface area contributed by atoms with Crippen LogP contribution in [0.5, 0.6) is 0 Å². The van der Waals surface area contributed by atoms with E-state index >= 15 is 0 Å². The predicted octanol–water partition coefficient (Wildman–Crippen LogP) is 2.06. The molecule has 0 aliphatic heterocycles. The maximum atomic E-state index is 12.2. The predicted molar refractivity (Wildman–Crippen MR) is 103 cm³/mol. The number of hydrazine groups is 1. The summed E-state index contributed by atoms with van der Waals surface area (Å²) in [5.41, 5.74) is 7.21. The van der Waals surface area contributed by atoms with Crippen molar-refractivity contribution in [3.63, 3.8) is 0 Å². The lowest BCUT2D eigenvalue weighted by molar-refractivity contribution is -0.149. The number of aliphatic carboxylic acids is 1. The van der Waals surface area contributed by atoms with Gasteiger partial charge in [0.1, 0.15) is 0 Å². The van der Waals surface area contributed by atoms with Crippen molar-refractivity contribution in [2.75, 3.05) is 5.32 Å². The molecule has 28 heavy (non-hydrogen) atoms. The molecule has 1 fully saturated rings. The lowest BCUT2D eigenvalue weighted by atomic mass is 9.79. The fourth-order valence-corrected chi connectivity index (χ4v) is 3.34. The standard InChI is InChI=1S/C20H27N3O5/c1-12-7-8-13(2)16(11-12)21-17(24)9-10-18(25)22-23-19(26)14-5-3-4-6-15(14)20(27)28/h7-8,11,14-15H,3-6,9-10H2,1-2H3,(H,21,24)(H,22,25)(H,23,26)(H,27,28)/t14-,15+/m0/s1. The molecule has 2 rings (SSSR count). The van der Waals surface area contributed by atoms with Crippen LogP contribution in [0.1, 0.15) is 49.7 Å². The Balaban J connectivity index is 1.76. The third kappa shape index (κ3) is 6.07. The van der Waals surface area contributed by atoms with Crippen molar-refractivity contribution in [2.45, 2.75) is 52.4 Å². The summed E-state index contributed by atoms with van der Waals surface area (Å²) < 4.78 is 0. The summed E-state index contributed by atoms with van der Waals surface area (Å²) in [7, 11) is 0. The highest BCUT2D eigenvalue weighted by molar-refractivity contribution is 5.94. The van der Waals surface area contributed by atoms with Crippen LogP contribution in [0.4, 0.5) is 5.69 Å². The van der Waals surface area contributed by atoms with Gasteiger partial charge in [-0.2, -0.15) is 0 Å². The van der Waals surface area contributed by atoms with Gasteiger partial charge in [0, 0.05) is 18.5 Å². The average molecular weight is 389 g/mol. The summed E-state index contributed by atoms with van der Waals surface area (Å²) in [5.74, 6) is -3.68. The van der Waals surface area contributed by atoms with Crippen molar-refractivity contribution < 1.29 is 24.3 Å². The van der Waals surface area contributed by atoms with Crippen LogP contribution in [0.2, 0.25) is 0 Å². The number of anilines is 1. The summed E-state index contributed by atoms with van der Waals surface area (Å²) in [6, 6.07) is 5.71. The number of rotatable bonds is 6. The van der Waals surface area contributed by atoms with E-state index in [9.17, 15) is 24.3 Å². The molecule has 2 atom stereocenters. The number of amides is 3. The van der Waals surface area contributed by atoms with Crippen LogP contribution < -0.4 is 16.2 Å². The minimum atomic E-state index is -0.991. The molecule has 1 aromatic rings. The number of benzene rings is 1. The van der Waals surface area contributed by atoms with E-state index in [0.717, 1.165) is 24.0 Å². The second kappa shape index (κ2) is 9.87. The zero-order chi connectivity index (χ0) is 20.7. The largest absolute Gasteiger partial charge is 0.481 e. The highest BCUT2D eigenvalue weighted by atomic mass is 16.4. The van der Waals surface area contributed by atoms with Gasteiger partial charge in [-0.05, 0) is 43.9 Å². The van der Waals surface area contributed by atoms with Gasteiger partial charge in [-0.15, -0.1) is 0 Å². The normalized spacial score (nSPS) is 18.8. The number of carboxylic acids is 1. The van der Waals surface area contributed by atoms with Crippen molar-refractivity contribution in [2.24, 2.45) is 11.8 Å². The monoisotopic (exact) mass is 389 g/mol. The minimum absolute atomic E-state index is 0.0315. The molecule has 1 aliphatic carbocycles. The molecule has 0 saturated heterocycles. The Bertz CT molecular complexity index is 762. The Morgan fingerprint density at radius 1 is 0.964 bits per heavy atom. The van der Waals surface area contributed by atoms with Gasteiger partial charge in [0.15, 0.2) is 0 Å². The Kier molecular flexibility index (Phi) is 7.54. The number of aryl methyl sites for hydroxylation is 2. The molecule has 3 amide bonds. The summed E-state index contributed by atoms with van der Waals surface area (Å²) >= 11 is 0. The zero-order valence-corrected chi connectivity index (χ0v) is 16.2. The van der Waals surface area contributed by atoms with E-state index in [1.807, 2.05) is 32.0 Å². The molecule has 0 aromatic heterocycles. The quantitative estimate of drug-likeness (QED) is 0.554. The molecule has 0 radical (unpaired) electrons. The van der Waals surface area contributed by atoms with E-state index in [1.54, 1.807) is 0 Å². The summed E-state index contributed by atoms with van der Waals surface area (Å²) in [4.78, 5) is 47.4. The van der Waals surface area contributed by atoms with Crippen LogP contribution in [-0.4, -0.2) is 28.8 Å². The smallest absolute Gasteiger partial charge is 0.307 e. The molecular weight excluding hydrogens is 362 g/mol. The molecule has 1 aromatic carbocycles. The van der Waals surface area contributed by atoms with Gasteiger partial charge >= 0.3 is 5.97 Å². The fraction of sp³-hybridized carbons (Fsp3) is 0.500. The first-order valence-corrected chi connectivity index (χ1v) is 9.46. The highest BCUT2D eigenvalue weighted by Gasteiger charge is 2.35. The Hall–Kier alpha value is -2.90. The molecule has 0 heterocycles. The van der Waals surface area contributed by atoms with Crippen molar-refractivity contribution in [3.8, 4) is 0 Å². The molecule has 4 N–H and O–H groups in total. The van der Waals surface area contributed by atoms with Crippen molar-refractivity contribution in [1.29, 1.82) is 0 Å². The van der Waals surface area contributed by atoms with Gasteiger partial charge in [0.2, 0.25) is 17.7 Å². The van der Waals surface area contributed by atoms with Crippen LogP contribution in [0.15, 0.2) is 18.2 Å². The Morgan fingerprint density at radius 3 is 2.29 bits per heavy atom. The maximum Gasteiger partial charge on any atom is 0.307 e. The number of nitrogens with one attached hydrogen (secondary N) is 3. The molecule has 1 aliphatic rings. The van der Waals surface area contributed by atoms with Crippen LogP contribution in [0.25, 0.3) is 0 Å². The van der Waals surface area contributed by atoms with E-state index in [0.29, 0.717) is 18.5 Å². The van der Waals surface area contributed by atoms with Gasteiger partial charge in [-0.1, -0.05) is 25.0 Å². The van der Waals surface area contributed by atoms with E-state index in [4.69, 9.17) is 0 Å². The molecule has 8 heteroatoms. The molecule has 0 bridgehead atoms. The molecular formula is C20H27N3O5. The van der Waals surface area contributed by atoms with Gasteiger partial charge in [0.25, 0.3) is 0 Å². The highest BCUT2D eigenvalue weighted by Crippen LogP contribution is 2.30. The van der Waals surface area contributed by atoms with Gasteiger partial charge in [-0.25, -0.2) is 0 Å². The van der Waals surface area contributed by atoms with E-state index < -0.39 is 29.6 Å². The zero-order valence-electron chi connectivity index (χ0n) is 16.2. The van der Waals surface area contributed by atoms with Crippen LogP contribution in [0.3, 0.4) is 0 Å². The first-order valence-electron chi connectivity index (χ1n) is 9.46. The molecule has 1 saturated carbocycles. The Morgan fingerprint density at radius 2 is 1.61 bits per heavy atom. The minimum Gasteiger partial charge on any atom is -0.481 e. The third-order valence-corrected chi connectivity index (χ3v) is 4.99. The van der Waals surface area contributed by atoms with E-state index in [2.05, 4.69) is 16.2 Å². The number of carbonyl (C=O) groups excluding carboxylic acids is 3. The lowest BCUT2D eigenvalue weighted by Crippen LogP contribution is -2.48. The van der Waals surface area contributed by atoms with Gasteiger partial charge in [0.05, 0.1) is 11.8 Å². The number of hydrogen-bond acceptors (Lipinski definition) is 4. The SMILES string of the molecule is Cc1ccc(C)c(NC(=O)CCC(=O)NNC(=O)[C@H]2CCCC[C@H]2C(=O)O)c1. The summed E-state index contributed by atoms with van der Waals surface area (Å²) in [6.45, 7) is 3.80. The van der Waals surface area contributed by atoms with E-state index in [-0.39, 0.29) is 18.7 Å². The maximum absolute atomic E-state index is 12.2. The topological polar surface area (TPSA) is 125 Å². The fourth-order valence-electron chi connectivity index (χ4n) is 3.34. The van der Waals surface area contributed by atoms with Crippen LogP contribution in [-0.2, 0) is 19.2 Å². The second-order valence-electron chi connectivity index (χ2n) is 7.24. The van der Waals surface area contributed by atoms with Crippen molar-refractivity contribution in [3.05, 3.63) is 29.3 Å². The van der Waals surface area contributed by atoms with Gasteiger partial charge < -0.3 is 10.4 Å². The van der Waals surface area contributed by atoms with Crippen molar-refractivity contribution >= 4 is 29.4 Å². The third-order valence-electron chi connectivity index (χ3n) is 4.99. The number of carbonyl (C=O) groups is 4. The van der Waals surface area contributed by atoms with E-state index in [1.165, 1.54) is 0 Å². The number of hydrogen-bond donors (Lipinski definition) is 4. The molecule has 0 unspecified atom stereocenters. The molecule has 0 spiro atoms. The molecule has 152 valence electrons. The second-order valence-corrected chi connectivity index (χ2v) is 7.24. The first kappa shape index (κ1) is 21.4. The Labute approximate surface area is 164 Å². The van der Waals surface area contributed by atoms with Gasteiger partial charge in [-0.3, -0.25) is 30.0 Å². The number of carboxylic acid groups (broad SMARTS) is 1. The lowest BCUT2D eigenvalue weighted by Gasteiger charge is -2.27. The summed E-state index contributed by atoms with van der Waals surface area (Å²) in [5, 5.41) is 12.0.